The molecule has 0 atom stereocenters. The lowest BCUT2D eigenvalue weighted by molar-refractivity contribution is 0.0601. The van der Waals surface area contributed by atoms with Crippen LogP contribution in [-0.4, -0.2) is 13.1 Å². The molecule has 0 aliphatic rings. The topological polar surface area (TPSA) is 65.5 Å². The van der Waals surface area contributed by atoms with Crippen molar-refractivity contribution in [2.75, 3.05) is 12.8 Å². The monoisotopic (exact) mass is 277 g/mol. The van der Waals surface area contributed by atoms with Crippen LogP contribution < -0.4 is 5.73 Å². The van der Waals surface area contributed by atoms with E-state index in [-0.39, 0.29) is 0 Å². The average Bonchev–Trinajstić information content (AvgIpc) is 2.81. The van der Waals surface area contributed by atoms with E-state index in [0.29, 0.717) is 17.0 Å². The molecule has 2 N–H and O–H groups in total. The minimum absolute atomic E-state index is 0.405. The first-order chi connectivity index (χ1) is 9.13. The van der Waals surface area contributed by atoms with E-state index in [9.17, 15) is 4.79 Å². The van der Waals surface area contributed by atoms with Gasteiger partial charge in [-0.2, -0.15) is 0 Å². The second kappa shape index (κ2) is 5.84. The van der Waals surface area contributed by atoms with Crippen LogP contribution in [0.15, 0.2) is 39.8 Å². The van der Waals surface area contributed by atoms with E-state index in [1.807, 2.05) is 25.1 Å². The maximum Gasteiger partial charge on any atom is 0.340 e. The largest absolute Gasteiger partial charge is 0.468 e. The fraction of sp³-hybridized carbons (Fsp3) is 0.214. The van der Waals surface area contributed by atoms with Crippen molar-refractivity contribution >= 4 is 23.4 Å². The lowest BCUT2D eigenvalue weighted by Gasteiger charge is -2.10. The number of carbonyl (C=O) groups is 1. The van der Waals surface area contributed by atoms with Crippen molar-refractivity contribution in [3.8, 4) is 0 Å². The van der Waals surface area contributed by atoms with Crippen molar-refractivity contribution in [1.82, 2.24) is 0 Å². The zero-order valence-electron chi connectivity index (χ0n) is 10.8. The summed E-state index contributed by atoms with van der Waals surface area (Å²) in [5.41, 5.74) is 7.59. The van der Waals surface area contributed by atoms with Gasteiger partial charge in [-0.1, -0.05) is 12.1 Å². The number of esters is 1. The van der Waals surface area contributed by atoms with Gasteiger partial charge in [0.05, 0.1) is 18.9 Å². The molecule has 100 valence electrons. The van der Waals surface area contributed by atoms with Crippen molar-refractivity contribution in [2.45, 2.75) is 17.6 Å². The molecular formula is C14H15NO3S. The summed E-state index contributed by atoms with van der Waals surface area (Å²) in [7, 11) is 1.35. The van der Waals surface area contributed by atoms with Crippen LogP contribution in [0.1, 0.15) is 21.7 Å². The number of hydrogen-bond donors (Lipinski definition) is 1. The number of benzene rings is 1. The van der Waals surface area contributed by atoms with Gasteiger partial charge in [0.25, 0.3) is 0 Å². The Morgan fingerprint density at radius 2 is 2.21 bits per heavy atom. The number of hydrogen-bond acceptors (Lipinski definition) is 5. The molecule has 1 aromatic heterocycles. The zero-order chi connectivity index (χ0) is 13.8. The molecule has 0 saturated carbocycles. The molecule has 5 heteroatoms. The second-order valence-corrected chi connectivity index (χ2v) is 5.02. The van der Waals surface area contributed by atoms with Gasteiger partial charge in [-0.3, -0.25) is 0 Å². The summed E-state index contributed by atoms with van der Waals surface area (Å²) < 4.78 is 10.0. The van der Waals surface area contributed by atoms with Gasteiger partial charge in [-0.25, -0.2) is 4.79 Å². The molecule has 1 aromatic carbocycles. The standard InChI is InChI=1S/C14H15NO3S/c1-9-12(6-7-18-9)19-8-10-4-3-5-11(15)13(10)14(16)17-2/h3-7H,8,15H2,1-2H3. The third-order valence-electron chi connectivity index (χ3n) is 2.77. The first-order valence-corrected chi connectivity index (χ1v) is 6.74. The smallest absolute Gasteiger partial charge is 0.340 e. The first-order valence-electron chi connectivity index (χ1n) is 5.76. The molecule has 0 unspecified atom stereocenters. The van der Waals surface area contributed by atoms with E-state index in [4.69, 9.17) is 14.9 Å². The van der Waals surface area contributed by atoms with Crippen LogP contribution in [0.3, 0.4) is 0 Å². The Balaban J connectivity index is 2.23. The number of methoxy groups -OCH3 is 1. The molecule has 0 spiro atoms. The number of furan rings is 1. The maximum atomic E-state index is 11.8. The van der Waals surface area contributed by atoms with Gasteiger partial charge in [-0.15, -0.1) is 11.8 Å². The Labute approximate surface area is 115 Å². The predicted molar refractivity (Wildman–Crippen MR) is 75.2 cm³/mol. The Morgan fingerprint density at radius 3 is 2.84 bits per heavy atom. The first kappa shape index (κ1) is 13.5. The molecule has 1 heterocycles. The Morgan fingerprint density at radius 1 is 1.42 bits per heavy atom. The number of aryl methyl sites for hydroxylation is 1. The number of anilines is 1. The Bertz CT molecular complexity index is 592. The van der Waals surface area contributed by atoms with Gasteiger partial charge in [0, 0.05) is 16.3 Å². The van der Waals surface area contributed by atoms with Crippen molar-refractivity contribution in [1.29, 1.82) is 0 Å². The van der Waals surface area contributed by atoms with Gasteiger partial charge < -0.3 is 14.9 Å². The SMILES string of the molecule is COC(=O)c1c(N)cccc1CSc1ccoc1C. The van der Waals surface area contributed by atoms with E-state index in [1.165, 1.54) is 7.11 Å². The maximum absolute atomic E-state index is 11.8. The van der Waals surface area contributed by atoms with Crippen LogP contribution in [0.5, 0.6) is 0 Å². The fourth-order valence-corrected chi connectivity index (χ4v) is 2.72. The number of carbonyl (C=O) groups excluding carboxylic acids is 1. The van der Waals surface area contributed by atoms with Crippen molar-refractivity contribution < 1.29 is 13.9 Å². The van der Waals surface area contributed by atoms with Crippen LogP contribution in [0.25, 0.3) is 0 Å². The summed E-state index contributed by atoms with van der Waals surface area (Å²) in [4.78, 5) is 12.8. The molecule has 0 bridgehead atoms. The minimum Gasteiger partial charge on any atom is -0.468 e. The van der Waals surface area contributed by atoms with Crippen molar-refractivity contribution in [2.24, 2.45) is 0 Å². The number of ether oxygens (including phenoxy) is 1. The van der Waals surface area contributed by atoms with Crippen molar-refractivity contribution in [3.05, 3.63) is 47.4 Å². The van der Waals surface area contributed by atoms with Crippen LogP contribution in [-0.2, 0) is 10.5 Å². The highest BCUT2D eigenvalue weighted by atomic mass is 32.2. The quantitative estimate of drug-likeness (QED) is 0.528. The lowest BCUT2D eigenvalue weighted by Crippen LogP contribution is -2.09. The average molecular weight is 277 g/mol. The van der Waals surface area contributed by atoms with Crippen LogP contribution in [0.2, 0.25) is 0 Å². The molecule has 2 rings (SSSR count). The van der Waals surface area contributed by atoms with Gasteiger partial charge in [-0.05, 0) is 24.6 Å². The highest BCUT2D eigenvalue weighted by molar-refractivity contribution is 7.98. The molecule has 0 aliphatic heterocycles. The predicted octanol–water partition coefficient (Wildman–Crippen LogP) is 3.25. The van der Waals surface area contributed by atoms with Crippen molar-refractivity contribution in [3.63, 3.8) is 0 Å². The third kappa shape index (κ3) is 2.93. The number of rotatable bonds is 4. The summed E-state index contributed by atoms with van der Waals surface area (Å²) in [6, 6.07) is 7.32. The van der Waals surface area contributed by atoms with Gasteiger partial charge in [0.1, 0.15) is 5.76 Å². The molecule has 0 fully saturated rings. The fourth-order valence-electron chi connectivity index (χ4n) is 1.77. The van der Waals surface area contributed by atoms with Crippen LogP contribution in [0.4, 0.5) is 5.69 Å². The highest BCUT2D eigenvalue weighted by Crippen LogP contribution is 2.29. The molecule has 0 saturated heterocycles. The molecule has 19 heavy (non-hydrogen) atoms. The number of thioether (sulfide) groups is 1. The van der Waals surface area contributed by atoms with Gasteiger partial charge in [0.15, 0.2) is 0 Å². The molecular weight excluding hydrogens is 262 g/mol. The minimum atomic E-state index is -0.405. The van der Waals surface area contributed by atoms with Gasteiger partial charge >= 0.3 is 5.97 Å². The summed E-state index contributed by atoms with van der Waals surface area (Å²) in [5.74, 6) is 1.10. The Hall–Kier alpha value is -1.88. The lowest BCUT2D eigenvalue weighted by atomic mass is 10.1. The van der Waals surface area contributed by atoms with E-state index in [2.05, 4.69) is 0 Å². The molecule has 2 aromatic rings. The second-order valence-electron chi connectivity index (χ2n) is 4.00. The molecule has 0 radical (unpaired) electrons. The molecule has 0 aliphatic carbocycles. The summed E-state index contributed by atoms with van der Waals surface area (Å²) in [5, 5.41) is 0. The number of nitrogens with two attached hydrogens (primary N) is 1. The molecule has 4 nitrogen and oxygen atoms in total. The van der Waals surface area contributed by atoms with E-state index >= 15 is 0 Å². The van der Waals surface area contributed by atoms with Gasteiger partial charge in [0.2, 0.25) is 0 Å². The summed E-state index contributed by atoms with van der Waals surface area (Å²) >= 11 is 1.60. The van der Waals surface area contributed by atoms with Crippen LogP contribution >= 0.6 is 11.8 Å². The van der Waals surface area contributed by atoms with E-state index in [0.717, 1.165) is 16.2 Å². The summed E-state index contributed by atoms with van der Waals surface area (Å²) in [6.07, 6.45) is 1.65. The van der Waals surface area contributed by atoms with E-state index in [1.54, 1.807) is 24.1 Å². The van der Waals surface area contributed by atoms with Crippen LogP contribution in [0, 0.1) is 6.92 Å². The molecule has 0 amide bonds. The summed E-state index contributed by atoms with van der Waals surface area (Å²) in [6.45, 7) is 1.91. The number of nitrogen functional groups attached to an aromatic ring is 1. The zero-order valence-corrected chi connectivity index (χ0v) is 11.6. The Kier molecular flexibility index (Phi) is 4.16. The third-order valence-corrected chi connectivity index (χ3v) is 3.96. The normalized spacial score (nSPS) is 10.4. The van der Waals surface area contributed by atoms with E-state index < -0.39 is 5.97 Å². The highest BCUT2D eigenvalue weighted by Gasteiger charge is 2.15.